The van der Waals surface area contributed by atoms with E-state index in [0.717, 1.165) is 12.6 Å². The highest BCUT2D eigenvalue weighted by Gasteiger charge is 2.15. The Bertz CT molecular complexity index is 77.0. The van der Waals surface area contributed by atoms with Crippen molar-refractivity contribution >= 4 is 0 Å². The van der Waals surface area contributed by atoms with Crippen LogP contribution in [0.2, 0.25) is 0 Å². The average Bonchev–Trinajstić information content (AvgIpc) is 1.60. The third kappa shape index (κ3) is 2.33. The molecule has 0 radical (unpaired) electrons. The highest BCUT2D eigenvalue weighted by atomic mass is 14.9. The average molecular weight is 128 g/mol. The summed E-state index contributed by atoms with van der Waals surface area (Å²) in [6, 6.07) is 1.10. The predicted octanol–water partition coefficient (Wildman–Crippen LogP) is 0.476. The summed E-state index contributed by atoms with van der Waals surface area (Å²) >= 11 is 0. The van der Waals surface area contributed by atoms with Gasteiger partial charge in [0.05, 0.1) is 0 Å². The van der Waals surface area contributed by atoms with Gasteiger partial charge in [-0.1, -0.05) is 6.42 Å². The molecule has 2 nitrogen and oxygen atoms in total. The first-order valence-electron chi connectivity index (χ1n) is 3.78. The lowest BCUT2D eigenvalue weighted by molar-refractivity contribution is 0.334. The molecule has 2 heteroatoms. The molecule has 0 heterocycles. The van der Waals surface area contributed by atoms with Crippen LogP contribution in [0.1, 0.15) is 26.2 Å². The van der Waals surface area contributed by atoms with Gasteiger partial charge in [-0.3, -0.25) is 0 Å². The molecule has 0 saturated heterocycles. The molecule has 0 amide bonds. The van der Waals surface area contributed by atoms with Crippen molar-refractivity contribution in [3.8, 4) is 0 Å². The van der Waals surface area contributed by atoms with Crippen molar-refractivity contribution in [2.24, 2.45) is 5.73 Å². The topological polar surface area (TPSA) is 38.0 Å². The van der Waals surface area contributed by atoms with Gasteiger partial charge in [-0.05, 0) is 19.8 Å². The minimum absolute atomic E-state index is 0.311. The van der Waals surface area contributed by atoms with Gasteiger partial charge in [-0.2, -0.15) is 0 Å². The molecule has 54 valence electrons. The summed E-state index contributed by atoms with van der Waals surface area (Å²) < 4.78 is 0. The fraction of sp³-hybridized carbons (Fsp3) is 1.00. The maximum atomic E-state index is 5.56. The molecule has 1 saturated carbocycles. The minimum Gasteiger partial charge on any atom is -0.327 e. The molecule has 0 aromatic heterocycles. The largest absolute Gasteiger partial charge is 0.327 e. The monoisotopic (exact) mass is 128 g/mol. The van der Waals surface area contributed by atoms with Crippen LogP contribution >= 0.6 is 0 Å². The highest BCUT2D eigenvalue weighted by Crippen LogP contribution is 2.17. The lowest BCUT2D eigenvalue weighted by atomic mass is 9.93. The van der Waals surface area contributed by atoms with Crippen LogP contribution in [0.4, 0.5) is 0 Å². The summed E-state index contributed by atoms with van der Waals surface area (Å²) in [4.78, 5) is 0. The van der Waals surface area contributed by atoms with Gasteiger partial charge in [0.1, 0.15) is 0 Å². The van der Waals surface area contributed by atoms with Gasteiger partial charge < -0.3 is 11.1 Å². The summed E-state index contributed by atoms with van der Waals surface area (Å²) in [5, 5.41) is 3.39. The molecule has 0 aliphatic heterocycles. The van der Waals surface area contributed by atoms with E-state index in [1.807, 2.05) is 6.92 Å². The Hall–Kier alpha value is -0.0800. The molecule has 0 bridgehead atoms. The third-order valence-corrected chi connectivity index (χ3v) is 1.83. The van der Waals surface area contributed by atoms with E-state index >= 15 is 0 Å². The van der Waals surface area contributed by atoms with Crippen molar-refractivity contribution in [1.82, 2.24) is 5.32 Å². The zero-order valence-corrected chi connectivity index (χ0v) is 6.06. The second-order valence-electron chi connectivity index (χ2n) is 3.01. The number of hydrogen-bond donors (Lipinski definition) is 2. The third-order valence-electron chi connectivity index (χ3n) is 1.83. The number of hydrogen-bond acceptors (Lipinski definition) is 2. The van der Waals surface area contributed by atoms with E-state index < -0.39 is 0 Å². The zero-order chi connectivity index (χ0) is 6.69. The molecule has 9 heavy (non-hydrogen) atoms. The Balaban J connectivity index is 1.91. The molecule has 3 N–H and O–H groups in total. The first-order chi connectivity index (χ1) is 4.29. The maximum absolute atomic E-state index is 5.56. The molecule has 0 aromatic carbocycles. The van der Waals surface area contributed by atoms with E-state index in [0.29, 0.717) is 6.04 Å². The Morgan fingerprint density at radius 1 is 1.67 bits per heavy atom. The van der Waals surface area contributed by atoms with Crippen molar-refractivity contribution < 1.29 is 0 Å². The molecule has 1 aliphatic rings. The number of nitrogens with two attached hydrogens (primary N) is 1. The Morgan fingerprint density at radius 3 is 2.67 bits per heavy atom. The van der Waals surface area contributed by atoms with E-state index in [-0.39, 0.29) is 0 Å². The minimum atomic E-state index is 0.311. The van der Waals surface area contributed by atoms with Crippen LogP contribution < -0.4 is 11.1 Å². The zero-order valence-electron chi connectivity index (χ0n) is 6.06. The van der Waals surface area contributed by atoms with Crippen LogP contribution in [0.25, 0.3) is 0 Å². The lowest BCUT2D eigenvalue weighted by Crippen LogP contribution is -2.41. The quantitative estimate of drug-likeness (QED) is 0.580. The summed E-state index contributed by atoms with van der Waals surface area (Å²) in [7, 11) is 0. The van der Waals surface area contributed by atoms with Gasteiger partial charge in [-0.25, -0.2) is 0 Å². The van der Waals surface area contributed by atoms with Crippen molar-refractivity contribution in [2.75, 3.05) is 6.54 Å². The van der Waals surface area contributed by atoms with Gasteiger partial charge in [0.25, 0.3) is 0 Å². The molecule has 0 spiro atoms. The van der Waals surface area contributed by atoms with Gasteiger partial charge >= 0.3 is 0 Å². The van der Waals surface area contributed by atoms with E-state index in [1.54, 1.807) is 0 Å². The van der Waals surface area contributed by atoms with E-state index in [4.69, 9.17) is 5.73 Å². The predicted molar refractivity (Wildman–Crippen MR) is 39.3 cm³/mol. The standard InChI is InChI=1S/C7H16N2/c1-6(8)5-9-7-3-2-4-7/h6-7,9H,2-5,8H2,1H3/t6-/m1/s1. The van der Waals surface area contributed by atoms with Crippen molar-refractivity contribution in [2.45, 2.75) is 38.3 Å². The van der Waals surface area contributed by atoms with Crippen LogP contribution in [0.15, 0.2) is 0 Å². The molecular formula is C7H16N2. The first kappa shape index (κ1) is 7.03. The van der Waals surface area contributed by atoms with Gasteiger partial charge in [0.15, 0.2) is 0 Å². The SMILES string of the molecule is C[C@@H](N)CNC1CCC1. The van der Waals surface area contributed by atoms with Crippen molar-refractivity contribution in [3.05, 3.63) is 0 Å². The van der Waals surface area contributed by atoms with Crippen LogP contribution in [0, 0.1) is 0 Å². The first-order valence-corrected chi connectivity index (χ1v) is 3.78. The second kappa shape index (κ2) is 3.18. The second-order valence-corrected chi connectivity index (χ2v) is 3.01. The van der Waals surface area contributed by atoms with Gasteiger partial charge in [0, 0.05) is 18.6 Å². The maximum Gasteiger partial charge on any atom is 0.0136 e. The van der Waals surface area contributed by atoms with Crippen LogP contribution in [0.5, 0.6) is 0 Å². The lowest BCUT2D eigenvalue weighted by Gasteiger charge is -2.27. The Morgan fingerprint density at radius 2 is 2.33 bits per heavy atom. The van der Waals surface area contributed by atoms with E-state index in [2.05, 4.69) is 5.32 Å². The highest BCUT2D eigenvalue weighted by molar-refractivity contribution is 4.77. The summed E-state index contributed by atoms with van der Waals surface area (Å²) in [5.41, 5.74) is 5.56. The molecule has 0 aromatic rings. The fourth-order valence-corrected chi connectivity index (χ4v) is 0.965. The fourth-order valence-electron chi connectivity index (χ4n) is 0.965. The van der Waals surface area contributed by atoms with Crippen molar-refractivity contribution in [3.63, 3.8) is 0 Å². The van der Waals surface area contributed by atoms with Gasteiger partial charge in [0.2, 0.25) is 0 Å². The number of rotatable bonds is 3. The summed E-state index contributed by atoms with van der Waals surface area (Å²) in [6.45, 7) is 3.01. The molecular weight excluding hydrogens is 112 g/mol. The smallest absolute Gasteiger partial charge is 0.0136 e. The number of nitrogens with one attached hydrogen (secondary N) is 1. The summed E-state index contributed by atoms with van der Waals surface area (Å²) in [6.07, 6.45) is 4.11. The van der Waals surface area contributed by atoms with Crippen molar-refractivity contribution in [1.29, 1.82) is 0 Å². The van der Waals surface area contributed by atoms with Crippen LogP contribution in [-0.2, 0) is 0 Å². The Labute approximate surface area is 56.8 Å². The van der Waals surface area contributed by atoms with Crippen LogP contribution in [-0.4, -0.2) is 18.6 Å². The normalized spacial score (nSPS) is 23.3. The Kier molecular flexibility index (Phi) is 2.49. The van der Waals surface area contributed by atoms with Crippen LogP contribution in [0.3, 0.4) is 0 Å². The molecule has 1 rings (SSSR count). The van der Waals surface area contributed by atoms with Gasteiger partial charge in [-0.15, -0.1) is 0 Å². The summed E-state index contributed by atoms with van der Waals surface area (Å²) in [5.74, 6) is 0. The van der Waals surface area contributed by atoms with E-state index in [1.165, 1.54) is 19.3 Å². The van der Waals surface area contributed by atoms with E-state index in [9.17, 15) is 0 Å². The molecule has 1 atom stereocenters. The molecule has 1 aliphatic carbocycles. The molecule has 0 unspecified atom stereocenters. The molecule has 1 fully saturated rings.